The number of carbonyl (C=O) groups excluding carboxylic acids is 1. The van der Waals surface area contributed by atoms with Crippen molar-refractivity contribution in [3.8, 4) is 0 Å². The van der Waals surface area contributed by atoms with E-state index < -0.39 is 0 Å². The lowest BCUT2D eigenvalue weighted by Gasteiger charge is -2.22. The topological polar surface area (TPSA) is 47.8 Å². The van der Waals surface area contributed by atoms with Gasteiger partial charge in [0.1, 0.15) is 5.69 Å². The van der Waals surface area contributed by atoms with Crippen LogP contribution in [-0.2, 0) is 0 Å². The van der Waals surface area contributed by atoms with Gasteiger partial charge in [-0.1, -0.05) is 24.5 Å². The molecule has 0 bridgehead atoms. The molecule has 3 rings (SSSR count). The highest BCUT2D eigenvalue weighted by molar-refractivity contribution is 5.74. The standard InChI is InChI=1S/C12H17N3O/c16-8-11-12(9-6-7-9)13-14-15(11)10-4-2-1-3-5-10/h8-10H,1-7H2. The van der Waals surface area contributed by atoms with Gasteiger partial charge in [-0.15, -0.1) is 5.10 Å². The minimum atomic E-state index is 0.411. The van der Waals surface area contributed by atoms with Gasteiger partial charge in [0, 0.05) is 5.92 Å². The zero-order valence-corrected chi connectivity index (χ0v) is 9.43. The van der Waals surface area contributed by atoms with Gasteiger partial charge >= 0.3 is 0 Å². The van der Waals surface area contributed by atoms with Crippen LogP contribution in [-0.4, -0.2) is 21.3 Å². The monoisotopic (exact) mass is 219 g/mol. The van der Waals surface area contributed by atoms with E-state index in [1.54, 1.807) is 0 Å². The van der Waals surface area contributed by atoms with E-state index in [2.05, 4.69) is 10.3 Å². The van der Waals surface area contributed by atoms with Crippen molar-refractivity contribution in [3.05, 3.63) is 11.4 Å². The second kappa shape index (κ2) is 4.00. The van der Waals surface area contributed by atoms with Crippen molar-refractivity contribution in [3.63, 3.8) is 0 Å². The predicted octanol–water partition coefficient (Wildman–Crippen LogP) is 2.47. The number of aromatic nitrogens is 3. The van der Waals surface area contributed by atoms with Crippen molar-refractivity contribution < 1.29 is 4.79 Å². The van der Waals surface area contributed by atoms with E-state index in [9.17, 15) is 4.79 Å². The molecule has 4 nitrogen and oxygen atoms in total. The summed E-state index contributed by atoms with van der Waals surface area (Å²) in [6.45, 7) is 0. The number of hydrogen-bond donors (Lipinski definition) is 0. The lowest BCUT2D eigenvalue weighted by atomic mass is 9.95. The molecule has 1 heterocycles. The highest BCUT2D eigenvalue weighted by Gasteiger charge is 2.32. The molecule has 0 amide bonds. The Hall–Kier alpha value is -1.19. The maximum absolute atomic E-state index is 11.2. The van der Waals surface area contributed by atoms with Crippen LogP contribution in [0.15, 0.2) is 0 Å². The summed E-state index contributed by atoms with van der Waals surface area (Å²) in [6, 6.07) is 0.411. The zero-order valence-electron chi connectivity index (χ0n) is 9.43. The highest BCUT2D eigenvalue weighted by Crippen LogP contribution is 2.41. The molecule has 0 aliphatic heterocycles. The Morgan fingerprint density at radius 2 is 1.88 bits per heavy atom. The molecule has 0 spiro atoms. The van der Waals surface area contributed by atoms with Crippen molar-refractivity contribution >= 4 is 6.29 Å². The first-order chi connectivity index (χ1) is 7.90. The van der Waals surface area contributed by atoms with E-state index in [1.807, 2.05) is 4.68 Å². The maximum atomic E-state index is 11.2. The average Bonchev–Trinajstić information content (AvgIpc) is 3.09. The van der Waals surface area contributed by atoms with Crippen LogP contribution < -0.4 is 0 Å². The van der Waals surface area contributed by atoms with Crippen LogP contribution in [0.25, 0.3) is 0 Å². The Morgan fingerprint density at radius 1 is 1.12 bits per heavy atom. The van der Waals surface area contributed by atoms with E-state index in [1.165, 1.54) is 32.1 Å². The smallest absolute Gasteiger partial charge is 0.170 e. The highest BCUT2D eigenvalue weighted by atomic mass is 16.1. The predicted molar refractivity (Wildman–Crippen MR) is 59.5 cm³/mol. The van der Waals surface area contributed by atoms with Crippen LogP contribution in [0.2, 0.25) is 0 Å². The third-order valence-corrected chi connectivity index (χ3v) is 3.75. The van der Waals surface area contributed by atoms with Crippen molar-refractivity contribution in [2.75, 3.05) is 0 Å². The van der Waals surface area contributed by atoms with Gasteiger partial charge in [-0.05, 0) is 25.7 Å². The Balaban J connectivity index is 1.90. The summed E-state index contributed by atoms with van der Waals surface area (Å²) < 4.78 is 1.89. The molecule has 0 aromatic carbocycles. The summed E-state index contributed by atoms with van der Waals surface area (Å²) in [5, 5.41) is 8.41. The molecule has 2 saturated carbocycles. The van der Waals surface area contributed by atoms with Crippen LogP contribution in [0.5, 0.6) is 0 Å². The second-order valence-corrected chi connectivity index (χ2v) is 4.99. The van der Waals surface area contributed by atoms with Crippen molar-refractivity contribution in [2.45, 2.75) is 56.9 Å². The van der Waals surface area contributed by atoms with Crippen molar-refractivity contribution in [1.29, 1.82) is 0 Å². The zero-order chi connectivity index (χ0) is 11.0. The Kier molecular flexibility index (Phi) is 2.50. The van der Waals surface area contributed by atoms with Gasteiger partial charge in [0.15, 0.2) is 6.29 Å². The van der Waals surface area contributed by atoms with Crippen LogP contribution in [0.4, 0.5) is 0 Å². The molecule has 0 saturated heterocycles. The molecule has 2 aliphatic rings. The minimum absolute atomic E-state index is 0.411. The number of carbonyl (C=O) groups is 1. The Bertz CT molecular complexity index is 389. The lowest BCUT2D eigenvalue weighted by molar-refractivity contribution is 0.110. The summed E-state index contributed by atoms with van der Waals surface area (Å²) in [5.74, 6) is 0.512. The van der Waals surface area contributed by atoms with E-state index in [-0.39, 0.29) is 0 Å². The Morgan fingerprint density at radius 3 is 2.50 bits per heavy atom. The molecule has 0 radical (unpaired) electrons. The van der Waals surface area contributed by atoms with E-state index in [0.29, 0.717) is 12.0 Å². The second-order valence-electron chi connectivity index (χ2n) is 4.99. The summed E-state index contributed by atoms with van der Waals surface area (Å²) in [6.07, 6.45) is 9.40. The maximum Gasteiger partial charge on any atom is 0.170 e. The molecule has 86 valence electrons. The van der Waals surface area contributed by atoms with Crippen LogP contribution in [0, 0.1) is 0 Å². The number of rotatable bonds is 3. The molecule has 2 fully saturated rings. The fourth-order valence-corrected chi connectivity index (χ4v) is 2.67. The van der Waals surface area contributed by atoms with E-state index in [0.717, 1.165) is 30.5 Å². The van der Waals surface area contributed by atoms with Gasteiger partial charge in [0.2, 0.25) is 0 Å². The number of aldehydes is 1. The van der Waals surface area contributed by atoms with Crippen molar-refractivity contribution in [1.82, 2.24) is 15.0 Å². The molecule has 0 atom stereocenters. The third kappa shape index (κ3) is 1.66. The molecule has 2 aliphatic carbocycles. The fraction of sp³-hybridized carbons (Fsp3) is 0.750. The summed E-state index contributed by atoms with van der Waals surface area (Å²) >= 11 is 0. The van der Waals surface area contributed by atoms with Gasteiger partial charge in [0.05, 0.1) is 11.7 Å². The summed E-state index contributed by atoms with van der Waals surface area (Å²) in [7, 11) is 0. The molecule has 16 heavy (non-hydrogen) atoms. The molecule has 1 aromatic rings. The fourth-order valence-electron chi connectivity index (χ4n) is 2.67. The molecule has 4 heteroatoms. The van der Waals surface area contributed by atoms with Gasteiger partial charge in [-0.25, -0.2) is 4.68 Å². The number of hydrogen-bond acceptors (Lipinski definition) is 3. The first-order valence-electron chi connectivity index (χ1n) is 6.30. The van der Waals surface area contributed by atoms with Gasteiger partial charge < -0.3 is 0 Å². The average molecular weight is 219 g/mol. The normalized spacial score (nSPS) is 22.2. The van der Waals surface area contributed by atoms with Gasteiger partial charge in [0.25, 0.3) is 0 Å². The first-order valence-corrected chi connectivity index (χ1v) is 6.30. The Labute approximate surface area is 95.0 Å². The lowest BCUT2D eigenvalue weighted by Crippen LogP contribution is -2.16. The van der Waals surface area contributed by atoms with E-state index >= 15 is 0 Å². The summed E-state index contributed by atoms with van der Waals surface area (Å²) in [4.78, 5) is 11.2. The van der Waals surface area contributed by atoms with Gasteiger partial charge in [-0.2, -0.15) is 0 Å². The largest absolute Gasteiger partial charge is 0.296 e. The van der Waals surface area contributed by atoms with Crippen LogP contribution in [0.3, 0.4) is 0 Å². The molecule has 0 unspecified atom stereocenters. The number of nitrogens with zero attached hydrogens (tertiary/aromatic N) is 3. The minimum Gasteiger partial charge on any atom is -0.296 e. The quantitative estimate of drug-likeness (QED) is 0.734. The molecule has 1 aromatic heterocycles. The summed E-state index contributed by atoms with van der Waals surface area (Å²) in [5.41, 5.74) is 1.69. The molecular formula is C12H17N3O. The van der Waals surface area contributed by atoms with Gasteiger partial charge in [-0.3, -0.25) is 4.79 Å². The van der Waals surface area contributed by atoms with Crippen LogP contribution in [0.1, 0.15) is 73.1 Å². The first kappa shape index (κ1) is 10.00. The van der Waals surface area contributed by atoms with E-state index in [4.69, 9.17) is 0 Å². The third-order valence-electron chi connectivity index (χ3n) is 3.75. The van der Waals surface area contributed by atoms with Crippen LogP contribution >= 0.6 is 0 Å². The van der Waals surface area contributed by atoms with Crippen molar-refractivity contribution in [2.24, 2.45) is 0 Å². The SMILES string of the molecule is O=Cc1c(C2CC2)nnn1C1CCCCC1. The molecular weight excluding hydrogens is 202 g/mol. The molecule has 0 N–H and O–H groups in total.